The van der Waals surface area contributed by atoms with Crippen LogP contribution in [0.15, 0.2) is 48.5 Å². The number of fused-ring (bicyclic) bond motifs is 3. The highest BCUT2D eigenvalue weighted by Gasteiger charge is 2.29. The molecule has 0 fully saturated rings. The molecule has 7 heteroatoms. The molecule has 2 aromatic carbocycles. The average Bonchev–Trinajstić information content (AvgIpc) is 3.07. The molecule has 1 atom stereocenters. The molecule has 7 nitrogen and oxygen atoms in total. The van der Waals surface area contributed by atoms with Crippen LogP contribution in [0.5, 0.6) is 0 Å². The van der Waals surface area contributed by atoms with Gasteiger partial charge in [0.05, 0.1) is 0 Å². The van der Waals surface area contributed by atoms with Crippen LogP contribution in [-0.2, 0) is 19.1 Å². The Morgan fingerprint density at radius 3 is 2.03 bits per heavy atom. The number of alkyl carbamates (subject to hydrolysis) is 1. The van der Waals surface area contributed by atoms with E-state index >= 15 is 0 Å². The summed E-state index contributed by atoms with van der Waals surface area (Å²) in [5, 5.41) is 11.8. The Morgan fingerprint density at radius 1 is 0.939 bits per heavy atom. The second-order valence-corrected chi connectivity index (χ2v) is 9.22. The van der Waals surface area contributed by atoms with Gasteiger partial charge in [0.15, 0.2) is 0 Å². The molecular weight excluding hydrogens is 422 g/mol. The standard InChI is InChI=1S/C26H31NO6/c1-26(2,3)33-24(30)15-13-17(12-14-23(28)29)27-25(31)32-16-22-20-10-6-4-8-18(20)19-9-5-7-11-21(19)22/h4-11,17,22H,12-16H2,1-3H3,(H,27,31)(H,28,29)/t17-/m1/s1. The Labute approximate surface area is 194 Å². The van der Waals surface area contributed by atoms with E-state index in [9.17, 15) is 14.4 Å². The number of carboxylic acids is 1. The van der Waals surface area contributed by atoms with Crippen molar-refractivity contribution in [3.8, 4) is 11.1 Å². The first-order chi connectivity index (χ1) is 15.6. The van der Waals surface area contributed by atoms with Gasteiger partial charge >= 0.3 is 18.0 Å². The van der Waals surface area contributed by atoms with Gasteiger partial charge < -0.3 is 19.9 Å². The van der Waals surface area contributed by atoms with Crippen LogP contribution in [0.3, 0.4) is 0 Å². The van der Waals surface area contributed by atoms with Gasteiger partial charge in [0.25, 0.3) is 0 Å². The molecule has 0 spiro atoms. The summed E-state index contributed by atoms with van der Waals surface area (Å²) in [7, 11) is 0. The van der Waals surface area contributed by atoms with Crippen LogP contribution < -0.4 is 5.32 Å². The van der Waals surface area contributed by atoms with E-state index in [1.807, 2.05) is 36.4 Å². The van der Waals surface area contributed by atoms with Gasteiger partial charge in [-0.1, -0.05) is 48.5 Å². The van der Waals surface area contributed by atoms with Gasteiger partial charge in [-0.25, -0.2) is 4.79 Å². The SMILES string of the molecule is CC(C)(C)OC(=O)CC[C@@H](CCC(=O)O)NC(=O)OCC1c2ccccc2-c2ccccc21. The first kappa shape index (κ1) is 24.3. The highest BCUT2D eigenvalue weighted by atomic mass is 16.6. The lowest BCUT2D eigenvalue weighted by atomic mass is 9.98. The van der Waals surface area contributed by atoms with E-state index in [2.05, 4.69) is 17.4 Å². The number of esters is 1. The number of carbonyl (C=O) groups is 3. The largest absolute Gasteiger partial charge is 0.481 e. The molecule has 0 saturated heterocycles. The number of carbonyl (C=O) groups excluding carboxylic acids is 2. The summed E-state index contributed by atoms with van der Waals surface area (Å²) in [5.74, 6) is -1.42. The molecule has 1 aliphatic rings. The van der Waals surface area contributed by atoms with Crippen molar-refractivity contribution in [2.75, 3.05) is 6.61 Å². The normalized spacial score (nSPS) is 13.5. The fraction of sp³-hybridized carbons (Fsp3) is 0.423. The van der Waals surface area contributed by atoms with Gasteiger partial charge in [0.1, 0.15) is 12.2 Å². The van der Waals surface area contributed by atoms with Gasteiger partial charge in [-0.3, -0.25) is 9.59 Å². The number of amides is 1. The van der Waals surface area contributed by atoms with Gasteiger partial charge in [-0.2, -0.15) is 0 Å². The number of hydrogen-bond acceptors (Lipinski definition) is 5. The summed E-state index contributed by atoms with van der Waals surface area (Å²) < 4.78 is 10.9. The second kappa shape index (κ2) is 10.5. The lowest BCUT2D eigenvalue weighted by Gasteiger charge is -2.22. The average molecular weight is 454 g/mol. The molecule has 0 aliphatic heterocycles. The van der Waals surface area contributed by atoms with Gasteiger partial charge in [-0.15, -0.1) is 0 Å². The van der Waals surface area contributed by atoms with E-state index < -0.39 is 29.7 Å². The van der Waals surface area contributed by atoms with E-state index in [1.54, 1.807) is 20.8 Å². The topological polar surface area (TPSA) is 102 Å². The zero-order valence-corrected chi connectivity index (χ0v) is 19.3. The Balaban J connectivity index is 1.59. The maximum Gasteiger partial charge on any atom is 0.407 e. The number of hydrogen-bond donors (Lipinski definition) is 2. The van der Waals surface area contributed by atoms with Crippen molar-refractivity contribution in [1.82, 2.24) is 5.32 Å². The maximum absolute atomic E-state index is 12.6. The first-order valence-corrected chi connectivity index (χ1v) is 11.2. The summed E-state index contributed by atoms with van der Waals surface area (Å²) in [6.07, 6.45) is -0.209. The summed E-state index contributed by atoms with van der Waals surface area (Å²) in [5.41, 5.74) is 3.89. The molecule has 0 unspecified atom stereocenters. The summed E-state index contributed by atoms with van der Waals surface area (Å²) in [4.78, 5) is 35.6. The van der Waals surface area contributed by atoms with Crippen LogP contribution >= 0.6 is 0 Å². The minimum Gasteiger partial charge on any atom is -0.481 e. The van der Waals surface area contributed by atoms with Crippen LogP contribution in [0.4, 0.5) is 4.79 Å². The number of rotatable bonds is 9. The molecular formula is C26H31NO6. The minimum atomic E-state index is -0.966. The van der Waals surface area contributed by atoms with Crippen LogP contribution in [0.1, 0.15) is 63.5 Å². The van der Waals surface area contributed by atoms with E-state index in [0.29, 0.717) is 0 Å². The summed E-state index contributed by atoms with van der Waals surface area (Å²) in [6, 6.07) is 15.6. The molecule has 33 heavy (non-hydrogen) atoms. The molecule has 3 rings (SSSR count). The fourth-order valence-electron chi connectivity index (χ4n) is 4.08. The van der Waals surface area contributed by atoms with Gasteiger partial charge in [0.2, 0.25) is 0 Å². The smallest absolute Gasteiger partial charge is 0.407 e. The molecule has 2 N–H and O–H groups in total. The van der Waals surface area contributed by atoms with Crippen LogP contribution in [-0.4, -0.2) is 41.4 Å². The summed E-state index contributed by atoms with van der Waals surface area (Å²) in [6.45, 7) is 5.50. The minimum absolute atomic E-state index is 0.0672. The first-order valence-electron chi connectivity index (χ1n) is 11.2. The van der Waals surface area contributed by atoms with Crippen molar-refractivity contribution in [1.29, 1.82) is 0 Å². The fourth-order valence-corrected chi connectivity index (χ4v) is 4.08. The predicted octanol–water partition coefficient (Wildman–Crippen LogP) is 4.88. The van der Waals surface area contributed by atoms with Gasteiger partial charge in [0, 0.05) is 24.8 Å². The van der Waals surface area contributed by atoms with Crippen molar-refractivity contribution in [2.45, 2.75) is 64.0 Å². The Hall–Kier alpha value is -3.35. The molecule has 0 aromatic heterocycles. The van der Waals surface area contributed by atoms with Crippen molar-refractivity contribution >= 4 is 18.0 Å². The quantitative estimate of drug-likeness (QED) is 0.525. The van der Waals surface area contributed by atoms with E-state index in [4.69, 9.17) is 14.6 Å². The second-order valence-electron chi connectivity index (χ2n) is 9.22. The predicted molar refractivity (Wildman–Crippen MR) is 124 cm³/mol. The molecule has 0 saturated carbocycles. The summed E-state index contributed by atoms with van der Waals surface area (Å²) >= 11 is 0. The molecule has 176 valence electrons. The van der Waals surface area contributed by atoms with Crippen molar-refractivity contribution in [3.63, 3.8) is 0 Å². The molecule has 0 radical (unpaired) electrons. The van der Waals surface area contributed by atoms with Crippen LogP contribution in [0.25, 0.3) is 11.1 Å². The highest BCUT2D eigenvalue weighted by Crippen LogP contribution is 2.44. The number of ether oxygens (including phenoxy) is 2. The number of carboxylic acid groups (broad SMARTS) is 1. The number of nitrogens with one attached hydrogen (secondary N) is 1. The Kier molecular flexibility index (Phi) is 7.74. The number of aliphatic carboxylic acids is 1. The third kappa shape index (κ3) is 6.81. The van der Waals surface area contributed by atoms with E-state index in [0.717, 1.165) is 22.3 Å². The van der Waals surface area contributed by atoms with Crippen molar-refractivity contribution in [2.24, 2.45) is 0 Å². The van der Waals surface area contributed by atoms with E-state index in [1.165, 1.54) is 0 Å². The van der Waals surface area contributed by atoms with E-state index in [-0.39, 0.29) is 38.2 Å². The zero-order chi connectivity index (χ0) is 24.0. The van der Waals surface area contributed by atoms with Crippen molar-refractivity contribution < 1.29 is 29.0 Å². The third-order valence-electron chi connectivity index (χ3n) is 5.49. The van der Waals surface area contributed by atoms with Crippen LogP contribution in [0, 0.1) is 0 Å². The maximum atomic E-state index is 12.6. The molecule has 1 aliphatic carbocycles. The molecule has 2 aromatic rings. The Bertz CT molecular complexity index is 964. The van der Waals surface area contributed by atoms with Crippen molar-refractivity contribution in [3.05, 3.63) is 59.7 Å². The molecule has 1 amide bonds. The third-order valence-corrected chi connectivity index (χ3v) is 5.49. The van der Waals surface area contributed by atoms with Gasteiger partial charge in [-0.05, 0) is 55.9 Å². The highest BCUT2D eigenvalue weighted by molar-refractivity contribution is 5.79. The lowest BCUT2D eigenvalue weighted by Crippen LogP contribution is -2.37. The zero-order valence-electron chi connectivity index (χ0n) is 19.3. The molecule has 0 heterocycles. The number of benzene rings is 2. The Morgan fingerprint density at radius 2 is 1.48 bits per heavy atom. The molecule has 0 bridgehead atoms. The lowest BCUT2D eigenvalue weighted by molar-refractivity contribution is -0.155. The van der Waals surface area contributed by atoms with Crippen LogP contribution in [0.2, 0.25) is 0 Å². The monoisotopic (exact) mass is 453 g/mol.